The lowest BCUT2D eigenvalue weighted by atomic mass is 10.3. The van der Waals surface area contributed by atoms with E-state index in [1.165, 1.54) is 6.92 Å². The summed E-state index contributed by atoms with van der Waals surface area (Å²) in [5, 5.41) is 12.3. The van der Waals surface area contributed by atoms with Gasteiger partial charge in [-0.05, 0) is 19.8 Å². The molecule has 1 aromatic heterocycles. The van der Waals surface area contributed by atoms with Crippen molar-refractivity contribution in [2.45, 2.75) is 32.4 Å². The molecule has 0 unspecified atom stereocenters. The van der Waals surface area contributed by atoms with Gasteiger partial charge in [-0.3, -0.25) is 19.1 Å². The van der Waals surface area contributed by atoms with Crippen LogP contribution in [0.3, 0.4) is 0 Å². The highest BCUT2D eigenvalue weighted by molar-refractivity contribution is 5.76. The van der Waals surface area contributed by atoms with Gasteiger partial charge in [0.2, 0.25) is 11.8 Å². The fraction of sp³-hybridized carbons (Fsp3) is 0.500. The van der Waals surface area contributed by atoms with Crippen LogP contribution >= 0.6 is 0 Å². The molecule has 17 heavy (non-hydrogen) atoms. The smallest absolute Gasteiger partial charge is 0.331 e. The van der Waals surface area contributed by atoms with Crippen LogP contribution in [-0.2, 0) is 11.3 Å². The van der Waals surface area contributed by atoms with Crippen molar-refractivity contribution in [3.63, 3.8) is 0 Å². The summed E-state index contributed by atoms with van der Waals surface area (Å²) in [7, 11) is 0. The van der Waals surface area contributed by atoms with Crippen LogP contribution in [0.1, 0.15) is 18.4 Å². The second kappa shape index (κ2) is 4.08. The van der Waals surface area contributed by atoms with Gasteiger partial charge in [-0.25, -0.2) is 4.79 Å². The van der Waals surface area contributed by atoms with Crippen LogP contribution in [0, 0.1) is 6.92 Å². The van der Waals surface area contributed by atoms with E-state index in [4.69, 9.17) is 0 Å². The third kappa shape index (κ3) is 2.38. The highest BCUT2D eigenvalue weighted by atomic mass is 16.3. The summed E-state index contributed by atoms with van der Waals surface area (Å²) >= 11 is 0. The van der Waals surface area contributed by atoms with Gasteiger partial charge in [0, 0.05) is 6.04 Å². The summed E-state index contributed by atoms with van der Waals surface area (Å²) in [5.74, 6) is -0.818. The number of amides is 1. The number of aromatic nitrogens is 2. The molecule has 7 heteroatoms. The molecule has 0 spiro atoms. The quantitative estimate of drug-likeness (QED) is 0.618. The van der Waals surface area contributed by atoms with Crippen molar-refractivity contribution in [1.29, 1.82) is 0 Å². The van der Waals surface area contributed by atoms with Gasteiger partial charge in [0.25, 0.3) is 5.56 Å². The van der Waals surface area contributed by atoms with Gasteiger partial charge in [-0.1, -0.05) is 0 Å². The number of nitrogens with one attached hydrogen (secondary N) is 2. The molecule has 0 bridgehead atoms. The summed E-state index contributed by atoms with van der Waals surface area (Å²) in [4.78, 5) is 36.1. The number of H-pyrrole nitrogens is 1. The zero-order chi connectivity index (χ0) is 12.6. The van der Waals surface area contributed by atoms with E-state index in [1.807, 2.05) is 4.98 Å². The Morgan fingerprint density at radius 2 is 2.18 bits per heavy atom. The highest BCUT2D eigenvalue weighted by Gasteiger charge is 2.24. The fourth-order valence-corrected chi connectivity index (χ4v) is 1.45. The minimum Gasteiger partial charge on any atom is -0.494 e. The standard InChI is InChI=1S/C10H13N3O4/c1-5-8(15)12-10(17)13(9(5)16)4-7(14)11-6-2-3-6/h6,16H,2-4H2,1H3,(H,11,14)(H,12,15,17). The Balaban J connectivity index is 2.25. The molecule has 0 aliphatic heterocycles. The van der Waals surface area contributed by atoms with E-state index < -0.39 is 17.1 Å². The number of aromatic hydroxyl groups is 1. The van der Waals surface area contributed by atoms with Crippen molar-refractivity contribution >= 4 is 5.91 Å². The third-order valence-corrected chi connectivity index (χ3v) is 2.64. The molecular formula is C10H13N3O4. The summed E-state index contributed by atoms with van der Waals surface area (Å²) in [5.41, 5.74) is -1.42. The molecule has 1 saturated carbocycles. The number of hydrogen-bond acceptors (Lipinski definition) is 4. The molecule has 1 aliphatic carbocycles. The van der Waals surface area contributed by atoms with Gasteiger partial charge in [0.15, 0.2) is 0 Å². The summed E-state index contributed by atoms with van der Waals surface area (Å²) < 4.78 is 0.842. The molecular weight excluding hydrogens is 226 g/mol. The zero-order valence-corrected chi connectivity index (χ0v) is 9.32. The molecule has 1 aliphatic rings. The van der Waals surface area contributed by atoms with Crippen LogP contribution in [0.25, 0.3) is 0 Å². The number of nitrogens with zero attached hydrogens (tertiary/aromatic N) is 1. The Morgan fingerprint density at radius 1 is 1.53 bits per heavy atom. The molecule has 0 radical (unpaired) electrons. The maximum absolute atomic E-state index is 11.5. The lowest BCUT2D eigenvalue weighted by Crippen LogP contribution is -2.37. The first-order chi connectivity index (χ1) is 7.99. The predicted octanol–water partition coefficient (Wildman–Crippen LogP) is -1.17. The topological polar surface area (TPSA) is 104 Å². The second-order valence-electron chi connectivity index (χ2n) is 4.14. The first-order valence-corrected chi connectivity index (χ1v) is 5.31. The van der Waals surface area contributed by atoms with Crippen LogP contribution in [0.4, 0.5) is 0 Å². The van der Waals surface area contributed by atoms with Crippen LogP contribution in [0.15, 0.2) is 9.59 Å². The molecule has 7 nitrogen and oxygen atoms in total. The second-order valence-corrected chi connectivity index (χ2v) is 4.14. The van der Waals surface area contributed by atoms with Crippen molar-refractivity contribution < 1.29 is 9.90 Å². The number of carbonyl (C=O) groups excluding carboxylic acids is 1. The van der Waals surface area contributed by atoms with E-state index in [0.717, 1.165) is 17.4 Å². The SMILES string of the molecule is Cc1c(O)n(CC(=O)NC2CC2)c(=O)[nH]c1=O. The molecule has 2 rings (SSSR count). The molecule has 0 saturated heterocycles. The minimum absolute atomic E-state index is 0.0174. The normalized spacial score (nSPS) is 14.6. The van der Waals surface area contributed by atoms with Crippen LogP contribution in [-0.4, -0.2) is 26.6 Å². The van der Waals surface area contributed by atoms with Crippen LogP contribution in [0.5, 0.6) is 5.88 Å². The van der Waals surface area contributed by atoms with Crippen LogP contribution < -0.4 is 16.6 Å². The van der Waals surface area contributed by atoms with Crippen molar-refractivity contribution in [3.8, 4) is 5.88 Å². The number of aromatic amines is 1. The maximum atomic E-state index is 11.5. The average molecular weight is 239 g/mol. The van der Waals surface area contributed by atoms with Crippen molar-refractivity contribution in [1.82, 2.24) is 14.9 Å². The van der Waals surface area contributed by atoms with Gasteiger partial charge >= 0.3 is 5.69 Å². The average Bonchev–Trinajstić information content (AvgIpc) is 3.05. The van der Waals surface area contributed by atoms with Gasteiger partial charge in [0.1, 0.15) is 6.54 Å². The summed E-state index contributed by atoms with van der Waals surface area (Å²) in [6.45, 7) is 1.09. The predicted molar refractivity (Wildman–Crippen MR) is 58.9 cm³/mol. The van der Waals surface area contributed by atoms with Crippen LogP contribution in [0.2, 0.25) is 0 Å². The maximum Gasteiger partial charge on any atom is 0.331 e. The Labute approximate surface area is 96.1 Å². The van der Waals surface area contributed by atoms with Crippen molar-refractivity contribution in [3.05, 3.63) is 26.4 Å². The summed E-state index contributed by atoms with van der Waals surface area (Å²) in [6.07, 6.45) is 1.88. The number of hydrogen-bond donors (Lipinski definition) is 3. The van der Waals surface area contributed by atoms with Gasteiger partial charge in [-0.2, -0.15) is 0 Å². The van der Waals surface area contributed by atoms with Gasteiger partial charge in [0.05, 0.1) is 5.56 Å². The Morgan fingerprint density at radius 3 is 2.76 bits per heavy atom. The largest absolute Gasteiger partial charge is 0.494 e. The molecule has 0 aromatic carbocycles. The van der Waals surface area contributed by atoms with E-state index in [1.54, 1.807) is 0 Å². The van der Waals surface area contributed by atoms with E-state index >= 15 is 0 Å². The van der Waals surface area contributed by atoms with Gasteiger partial charge < -0.3 is 10.4 Å². The van der Waals surface area contributed by atoms with E-state index in [0.29, 0.717) is 0 Å². The summed E-state index contributed by atoms with van der Waals surface area (Å²) in [6, 6.07) is 0.184. The molecule has 1 amide bonds. The Kier molecular flexibility index (Phi) is 2.74. The van der Waals surface area contributed by atoms with E-state index in [9.17, 15) is 19.5 Å². The third-order valence-electron chi connectivity index (χ3n) is 2.64. The Bertz CT molecular complexity index is 568. The molecule has 1 heterocycles. The van der Waals surface area contributed by atoms with Crippen molar-refractivity contribution in [2.24, 2.45) is 0 Å². The first kappa shape index (κ1) is 11.4. The first-order valence-electron chi connectivity index (χ1n) is 5.31. The molecule has 3 N–H and O–H groups in total. The lowest BCUT2D eigenvalue weighted by Gasteiger charge is -2.09. The molecule has 1 aromatic rings. The highest BCUT2D eigenvalue weighted by Crippen LogP contribution is 2.18. The Hall–Kier alpha value is -2.05. The number of rotatable bonds is 3. The molecule has 0 atom stereocenters. The fourth-order valence-electron chi connectivity index (χ4n) is 1.45. The molecule has 1 fully saturated rings. The zero-order valence-electron chi connectivity index (χ0n) is 9.32. The number of carbonyl (C=O) groups is 1. The van der Waals surface area contributed by atoms with Crippen molar-refractivity contribution in [2.75, 3.05) is 0 Å². The molecule has 92 valence electrons. The minimum atomic E-state index is -0.788. The van der Waals surface area contributed by atoms with E-state index in [-0.39, 0.29) is 24.1 Å². The van der Waals surface area contributed by atoms with E-state index in [2.05, 4.69) is 5.32 Å². The monoisotopic (exact) mass is 239 g/mol. The lowest BCUT2D eigenvalue weighted by molar-refractivity contribution is -0.122. The van der Waals surface area contributed by atoms with Gasteiger partial charge in [-0.15, -0.1) is 0 Å².